The maximum Gasteiger partial charge on any atom is 0.144 e. The summed E-state index contributed by atoms with van der Waals surface area (Å²) in [6, 6.07) is 19.0. The molecule has 2 atom stereocenters. The van der Waals surface area contributed by atoms with Crippen LogP contribution in [0.3, 0.4) is 0 Å². The van der Waals surface area contributed by atoms with E-state index in [1.54, 1.807) is 0 Å². The van der Waals surface area contributed by atoms with Gasteiger partial charge in [0, 0.05) is 11.5 Å². The van der Waals surface area contributed by atoms with E-state index in [-0.39, 0.29) is 4.75 Å². The Morgan fingerprint density at radius 3 is 2.35 bits per heavy atom. The molecule has 0 radical (unpaired) electrons. The van der Waals surface area contributed by atoms with Gasteiger partial charge in [-0.3, -0.25) is 0 Å². The molecule has 0 aliphatic heterocycles. The van der Waals surface area contributed by atoms with E-state index < -0.39 is 11.4 Å². The maximum atomic E-state index is 12.4. The van der Waals surface area contributed by atoms with Crippen LogP contribution in [0.1, 0.15) is 56.2 Å². The van der Waals surface area contributed by atoms with Gasteiger partial charge in [-0.1, -0.05) is 59.0 Å². The van der Waals surface area contributed by atoms with Crippen LogP contribution in [0.25, 0.3) is 0 Å². The number of hydrogen-bond acceptors (Lipinski definition) is 2. The third kappa shape index (κ3) is 3.51. The highest BCUT2D eigenvalue weighted by atomic mass is 32.2. The second kappa shape index (κ2) is 6.50. The molecule has 0 amide bonds. The lowest BCUT2D eigenvalue weighted by atomic mass is 9.78. The molecule has 23 heavy (non-hydrogen) atoms. The van der Waals surface area contributed by atoms with Gasteiger partial charge in [0.1, 0.15) is 16.1 Å². The molecule has 0 heterocycles. The van der Waals surface area contributed by atoms with Gasteiger partial charge in [-0.15, -0.1) is 0 Å². The Kier molecular flexibility index (Phi) is 4.60. The van der Waals surface area contributed by atoms with Gasteiger partial charge in [0.15, 0.2) is 0 Å². The van der Waals surface area contributed by atoms with Gasteiger partial charge in [0.2, 0.25) is 0 Å². The smallest absolute Gasteiger partial charge is 0.144 e. The van der Waals surface area contributed by atoms with Crippen molar-refractivity contribution < 1.29 is 4.55 Å². The molecule has 0 spiro atoms. The van der Waals surface area contributed by atoms with Gasteiger partial charge in [0.25, 0.3) is 0 Å². The van der Waals surface area contributed by atoms with E-state index in [1.807, 2.05) is 26.8 Å². The van der Waals surface area contributed by atoms with Gasteiger partial charge in [0.05, 0.1) is 5.71 Å². The average molecular weight is 325 g/mol. The Hall–Kier alpha value is -1.58. The largest absolute Gasteiger partial charge is 0.591 e. The fourth-order valence-electron chi connectivity index (χ4n) is 3.00. The monoisotopic (exact) mass is 325 g/mol. The van der Waals surface area contributed by atoms with E-state index in [0.717, 1.165) is 24.1 Å². The van der Waals surface area contributed by atoms with E-state index in [1.165, 1.54) is 11.1 Å². The van der Waals surface area contributed by atoms with Crippen LogP contribution in [-0.4, -0.2) is 15.0 Å². The summed E-state index contributed by atoms with van der Waals surface area (Å²) in [5, 5.41) is 0. The molecule has 0 bridgehead atoms. The van der Waals surface area contributed by atoms with Crippen molar-refractivity contribution in [1.29, 1.82) is 0 Å². The minimum atomic E-state index is -1.21. The highest BCUT2D eigenvalue weighted by Crippen LogP contribution is 2.37. The fraction of sp³-hybridized carbons (Fsp3) is 0.350. The van der Waals surface area contributed by atoms with E-state index in [4.69, 9.17) is 0 Å². The van der Waals surface area contributed by atoms with Crippen LogP contribution in [0.15, 0.2) is 59.0 Å². The number of fused-ring (bicyclic) bond motifs is 1. The van der Waals surface area contributed by atoms with Crippen molar-refractivity contribution >= 4 is 17.1 Å². The second-order valence-electron chi connectivity index (χ2n) is 6.99. The first kappa shape index (κ1) is 16.3. The first-order valence-corrected chi connectivity index (χ1v) is 9.21. The van der Waals surface area contributed by atoms with Gasteiger partial charge in [-0.05, 0) is 44.7 Å². The minimum Gasteiger partial charge on any atom is -0.591 e. The van der Waals surface area contributed by atoms with Crippen molar-refractivity contribution in [3.63, 3.8) is 0 Å². The highest BCUT2D eigenvalue weighted by molar-refractivity contribution is 7.91. The summed E-state index contributed by atoms with van der Waals surface area (Å²) in [7, 11) is 0. The van der Waals surface area contributed by atoms with Crippen LogP contribution >= 0.6 is 0 Å². The average Bonchev–Trinajstić information content (AvgIpc) is 2.55. The van der Waals surface area contributed by atoms with Crippen LogP contribution < -0.4 is 0 Å². The van der Waals surface area contributed by atoms with Crippen molar-refractivity contribution in [3.05, 3.63) is 71.3 Å². The molecular weight excluding hydrogens is 302 g/mol. The van der Waals surface area contributed by atoms with Gasteiger partial charge in [-0.2, -0.15) is 0 Å². The molecule has 3 rings (SSSR count). The summed E-state index contributed by atoms with van der Waals surface area (Å²) in [6.45, 7) is 5.90. The van der Waals surface area contributed by atoms with Crippen LogP contribution in [0.5, 0.6) is 0 Å². The third-order valence-electron chi connectivity index (χ3n) is 4.24. The third-order valence-corrected chi connectivity index (χ3v) is 5.67. The molecule has 3 heteroatoms. The molecule has 1 aliphatic carbocycles. The van der Waals surface area contributed by atoms with Crippen molar-refractivity contribution in [2.75, 3.05) is 0 Å². The lowest BCUT2D eigenvalue weighted by Gasteiger charge is -2.27. The predicted octanol–water partition coefficient (Wildman–Crippen LogP) is 4.86. The Labute approximate surface area is 142 Å². The number of rotatable bonds is 2. The molecule has 0 aromatic heterocycles. The fourth-order valence-corrected chi connectivity index (χ4v) is 3.66. The lowest BCUT2D eigenvalue weighted by Crippen LogP contribution is -2.28. The molecule has 2 aromatic rings. The molecule has 0 saturated carbocycles. The van der Waals surface area contributed by atoms with Crippen LogP contribution in [0.2, 0.25) is 0 Å². The Balaban J connectivity index is 2.00. The minimum absolute atomic E-state index is 0.321. The van der Waals surface area contributed by atoms with Gasteiger partial charge >= 0.3 is 0 Å². The number of hydrogen-bond donors (Lipinski definition) is 0. The summed E-state index contributed by atoms with van der Waals surface area (Å²) >= 11 is -1.21. The summed E-state index contributed by atoms with van der Waals surface area (Å²) in [6.07, 6.45) is 1.89. The molecule has 1 unspecified atom stereocenters. The number of benzene rings is 2. The van der Waals surface area contributed by atoms with E-state index >= 15 is 0 Å². The van der Waals surface area contributed by atoms with Gasteiger partial charge < -0.3 is 4.55 Å². The molecule has 0 N–H and O–H groups in total. The first-order chi connectivity index (χ1) is 11.0. The lowest BCUT2D eigenvalue weighted by molar-refractivity contribution is 0.561. The summed E-state index contributed by atoms with van der Waals surface area (Å²) in [5.74, 6) is 0.398. The quantitative estimate of drug-likeness (QED) is 0.726. The predicted molar refractivity (Wildman–Crippen MR) is 98.4 cm³/mol. The Morgan fingerprint density at radius 2 is 1.65 bits per heavy atom. The van der Waals surface area contributed by atoms with Crippen LogP contribution in [-0.2, 0) is 11.4 Å². The zero-order valence-electron chi connectivity index (χ0n) is 14.0. The normalized spacial score (nSPS) is 21.0. The zero-order valence-corrected chi connectivity index (χ0v) is 14.8. The molecule has 1 aliphatic rings. The SMILES string of the molecule is CC(C)(C)[S+]([O-])/N=C1/CC[C@H](c2ccccc2)c2ccccc21. The van der Waals surface area contributed by atoms with Crippen molar-refractivity contribution in [3.8, 4) is 0 Å². The molecule has 0 saturated heterocycles. The Bertz CT molecular complexity index is 703. The number of nitrogens with zero attached hydrogens (tertiary/aromatic N) is 1. The molecule has 0 fully saturated rings. The molecular formula is C20H23NOS. The van der Waals surface area contributed by atoms with Crippen molar-refractivity contribution in [1.82, 2.24) is 0 Å². The first-order valence-electron chi connectivity index (χ1n) is 8.10. The summed E-state index contributed by atoms with van der Waals surface area (Å²) in [5.41, 5.74) is 4.79. The van der Waals surface area contributed by atoms with Crippen molar-refractivity contribution in [2.45, 2.75) is 44.3 Å². The molecule has 2 aromatic carbocycles. The highest BCUT2D eigenvalue weighted by Gasteiger charge is 2.31. The van der Waals surface area contributed by atoms with E-state index in [2.05, 4.69) is 52.9 Å². The van der Waals surface area contributed by atoms with E-state index in [0.29, 0.717) is 5.92 Å². The second-order valence-corrected chi connectivity index (χ2v) is 8.89. The molecule has 120 valence electrons. The summed E-state index contributed by atoms with van der Waals surface area (Å²) < 4.78 is 16.7. The Morgan fingerprint density at radius 1 is 1.00 bits per heavy atom. The van der Waals surface area contributed by atoms with Crippen LogP contribution in [0, 0.1) is 0 Å². The zero-order chi connectivity index (χ0) is 16.4. The van der Waals surface area contributed by atoms with Gasteiger partial charge in [-0.25, -0.2) is 0 Å². The van der Waals surface area contributed by atoms with E-state index in [9.17, 15) is 4.55 Å². The van der Waals surface area contributed by atoms with Crippen LogP contribution in [0.4, 0.5) is 0 Å². The molecule has 2 nitrogen and oxygen atoms in total. The van der Waals surface area contributed by atoms with Crippen molar-refractivity contribution in [2.24, 2.45) is 4.40 Å². The maximum absolute atomic E-state index is 12.4. The summed E-state index contributed by atoms with van der Waals surface area (Å²) in [4.78, 5) is 0. The topological polar surface area (TPSA) is 35.4 Å². The standard InChI is InChI=1S/C20H23NOS/c1-20(2,3)23(22)21-19-14-13-16(15-9-5-4-6-10-15)17-11-7-8-12-18(17)19/h4-12,16H,13-14H2,1-3H3/b21-19-/t16-,23?/m1/s1.